The third-order valence-corrected chi connectivity index (χ3v) is 4.95. The number of hydrogen-bond donors (Lipinski definition) is 1. The highest BCUT2D eigenvalue weighted by Crippen LogP contribution is 2.29. The van der Waals surface area contributed by atoms with Gasteiger partial charge in [0.15, 0.2) is 0 Å². The first kappa shape index (κ1) is 16.0. The summed E-state index contributed by atoms with van der Waals surface area (Å²) in [6.07, 6.45) is 6.47. The van der Waals surface area contributed by atoms with Crippen molar-refractivity contribution >= 4 is 0 Å². The van der Waals surface area contributed by atoms with Gasteiger partial charge in [-0.2, -0.15) is 0 Å². The molecule has 0 radical (unpaired) electrons. The standard InChI is InChI=1S/C16H34N2/c1-6-10-14(5)11-18-12-15(7-2)17-13-16(18,8-3)9-4/h14-15,17H,6-13H2,1-5H3. The maximum Gasteiger partial charge on any atom is 0.0329 e. The fraction of sp³-hybridized carbons (Fsp3) is 1.00. The van der Waals surface area contributed by atoms with Crippen molar-refractivity contribution in [3.8, 4) is 0 Å². The summed E-state index contributed by atoms with van der Waals surface area (Å²) in [5.74, 6) is 0.836. The molecule has 1 N–H and O–H groups in total. The largest absolute Gasteiger partial charge is 0.311 e. The Bertz CT molecular complexity index is 223. The van der Waals surface area contributed by atoms with E-state index in [2.05, 4.69) is 44.8 Å². The van der Waals surface area contributed by atoms with Crippen LogP contribution < -0.4 is 5.32 Å². The molecular weight excluding hydrogens is 220 g/mol. The Morgan fingerprint density at radius 2 is 1.89 bits per heavy atom. The topological polar surface area (TPSA) is 15.3 Å². The molecule has 0 aromatic carbocycles. The predicted octanol–water partition coefficient (Wildman–Crippen LogP) is 3.67. The van der Waals surface area contributed by atoms with Crippen molar-refractivity contribution in [2.75, 3.05) is 19.6 Å². The van der Waals surface area contributed by atoms with E-state index < -0.39 is 0 Å². The summed E-state index contributed by atoms with van der Waals surface area (Å²) in [4.78, 5) is 2.80. The molecule has 0 aromatic rings. The lowest BCUT2D eigenvalue weighted by Gasteiger charge is -2.50. The maximum atomic E-state index is 3.76. The average Bonchev–Trinajstić information content (AvgIpc) is 2.39. The first-order chi connectivity index (χ1) is 8.61. The summed E-state index contributed by atoms with van der Waals surface area (Å²) in [6, 6.07) is 0.699. The number of nitrogens with one attached hydrogen (secondary N) is 1. The van der Waals surface area contributed by atoms with E-state index in [0.717, 1.165) is 5.92 Å². The zero-order chi connectivity index (χ0) is 13.6. The van der Waals surface area contributed by atoms with Crippen LogP contribution in [0.2, 0.25) is 0 Å². The molecule has 2 nitrogen and oxygen atoms in total. The molecule has 0 spiro atoms. The van der Waals surface area contributed by atoms with Crippen molar-refractivity contribution in [2.45, 2.75) is 78.3 Å². The minimum absolute atomic E-state index is 0.410. The molecule has 1 heterocycles. The van der Waals surface area contributed by atoms with Gasteiger partial charge >= 0.3 is 0 Å². The molecule has 1 fully saturated rings. The van der Waals surface area contributed by atoms with Gasteiger partial charge in [0.05, 0.1) is 0 Å². The molecule has 2 atom stereocenters. The molecule has 1 saturated heterocycles. The number of rotatable bonds is 7. The Balaban J connectivity index is 2.70. The van der Waals surface area contributed by atoms with Crippen molar-refractivity contribution in [3.05, 3.63) is 0 Å². The van der Waals surface area contributed by atoms with Gasteiger partial charge in [-0.1, -0.05) is 41.0 Å². The molecule has 1 aliphatic rings. The highest BCUT2D eigenvalue weighted by Gasteiger charge is 2.38. The van der Waals surface area contributed by atoms with Gasteiger partial charge < -0.3 is 5.32 Å². The summed E-state index contributed by atoms with van der Waals surface area (Å²) >= 11 is 0. The van der Waals surface area contributed by atoms with E-state index in [1.165, 1.54) is 51.7 Å². The lowest BCUT2D eigenvalue weighted by Crippen LogP contribution is -2.64. The van der Waals surface area contributed by atoms with Gasteiger partial charge in [-0.25, -0.2) is 0 Å². The molecule has 18 heavy (non-hydrogen) atoms. The highest BCUT2D eigenvalue weighted by atomic mass is 15.3. The van der Waals surface area contributed by atoms with Gasteiger partial charge in [0.1, 0.15) is 0 Å². The third-order valence-electron chi connectivity index (χ3n) is 4.95. The van der Waals surface area contributed by atoms with Crippen LogP contribution in [0.3, 0.4) is 0 Å². The van der Waals surface area contributed by atoms with Gasteiger partial charge in [0.25, 0.3) is 0 Å². The Morgan fingerprint density at radius 1 is 1.22 bits per heavy atom. The molecule has 0 aromatic heterocycles. The molecule has 2 heteroatoms. The summed E-state index contributed by atoms with van der Waals surface area (Å²) in [6.45, 7) is 15.4. The summed E-state index contributed by atoms with van der Waals surface area (Å²) in [7, 11) is 0. The van der Waals surface area contributed by atoms with Crippen LogP contribution in [0.5, 0.6) is 0 Å². The van der Waals surface area contributed by atoms with Crippen LogP contribution in [0.1, 0.15) is 66.7 Å². The molecule has 0 bridgehead atoms. The zero-order valence-electron chi connectivity index (χ0n) is 13.3. The van der Waals surface area contributed by atoms with Crippen molar-refractivity contribution in [2.24, 2.45) is 5.92 Å². The fourth-order valence-corrected chi connectivity index (χ4v) is 3.42. The summed E-state index contributed by atoms with van der Waals surface area (Å²) < 4.78 is 0. The molecular formula is C16H34N2. The molecule has 1 aliphatic heterocycles. The Kier molecular flexibility index (Phi) is 6.65. The monoisotopic (exact) mass is 254 g/mol. The smallest absolute Gasteiger partial charge is 0.0329 e. The Labute approximate surface area is 115 Å². The molecule has 2 unspecified atom stereocenters. The van der Waals surface area contributed by atoms with Gasteiger partial charge in [-0.15, -0.1) is 0 Å². The molecule has 0 amide bonds. The molecule has 108 valence electrons. The normalized spacial score (nSPS) is 26.2. The van der Waals surface area contributed by atoms with E-state index in [1.54, 1.807) is 0 Å². The van der Waals surface area contributed by atoms with E-state index in [1.807, 2.05) is 0 Å². The van der Waals surface area contributed by atoms with Crippen molar-refractivity contribution in [3.63, 3.8) is 0 Å². The SMILES string of the molecule is CCCC(C)CN1CC(CC)NCC1(CC)CC. The first-order valence-electron chi connectivity index (χ1n) is 8.10. The van der Waals surface area contributed by atoms with E-state index in [0.29, 0.717) is 11.6 Å². The second kappa shape index (κ2) is 7.49. The zero-order valence-corrected chi connectivity index (χ0v) is 13.3. The minimum atomic E-state index is 0.410. The van der Waals surface area contributed by atoms with Crippen LogP contribution in [0.25, 0.3) is 0 Å². The van der Waals surface area contributed by atoms with Crippen LogP contribution in [-0.2, 0) is 0 Å². The van der Waals surface area contributed by atoms with E-state index in [9.17, 15) is 0 Å². The second-order valence-corrected chi connectivity index (χ2v) is 6.22. The van der Waals surface area contributed by atoms with Crippen LogP contribution in [0.15, 0.2) is 0 Å². The van der Waals surface area contributed by atoms with Crippen molar-refractivity contribution < 1.29 is 0 Å². The Hall–Kier alpha value is -0.0800. The molecule has 1 rings (SSSR count). The van der Waals surface area contributed by atoms with Crippen molar-refractivity contribution in [1.82, 2.24) is 10.2 Å². The van der Waals surface area contributed by atoms with Crippen LogP contribution >= 0.6 is 0 Å². The van der Waals surface area contributed by atoms with E-state index >= 15 is 0 Å². The van der Waals surface area contributed by atoms with Gasteiger partial charge in [0, 0.05) is 31.2 Å². The second-order valence-electron chi connectivity index (χ2n) is 6.22. The number of hydrogen-bond acceptors (Lipinski definition) is 2. The molecule has 0 aliphatic carbocycles. The van der Waals surface area contributed by atoms with Gasteiger partial charge in [0.2, 0.25) is 0 Å². The quantitative estimate of drug-likeness (QED) is 0.746. The van der Waals surface area contributed by atoms with Crippen LogP contribution in [0.4, 0.5) is 0 Å². The van der Waals surface area contributed by atoms with Crippen LogP contribution in [-0.4, -0.2) is 36.1 Å². The van der Waals surface area contributed by atoms with Gasteiger partial charge in [-0.3, -0.25) is 4.90 Å². The number of nitrogens with zero attached hydrogens (tertiary/aromatic N) is 1. The van der Waals surface area contributed by atoms with E-state index in [-0.39, 0.29) is 0 Å². The molecule has 0 saturated carbocycles. The minimum Gasteiger partial charge on any atom is -0.311 e. The first-order valence-corrected chi connectivity index (χ1v) is 8.10. The lowest BCUT2D eigenvalue weighted by atomic mass is 9.85. The van der Waals surface area contributed by atoms with Crippen LogP contribution in [0, 0.1) is 5.92 Å². The third kappa shape index (κ3) is 3.71. The summed E-state index contributed by atoms with van der Waals surface area (Å²) in [5, 5.41) is 3.76. The predicted molar refractivity (Wildman–Crippen MR) is 81.0 cm³/mol. The van der Waals surface area contributed by atoms with E-state index in [4.69, 9.17) is 0 Å². The van der Waals surface area contributed by atoms with Crippen molar-refractivity contribution in [1.29, 1.82) is 0 Å². The lowest BCUT2D eigenvalue weighted by molar-refractivity contribution is 0.0189. The Morgan fingerprint density at radius 3 is 2.39 bits per heavy atom. The van der Waals surface area contributed by atoms with Gasteiger partial charge in [-0.05, 0) is 31.6 Å². The maximum absolute atomic E-state index is 3.76. The average molecular weight is 254 g/mol. The summed E-state index contributed by atoms with van der Waals surface area (Å²) in [5.41, 5.74) is 0.410. The fourth-order valence-electron chi connectivity index (χ4n) is 3.42. The highest BCUT2D eigenvalue weighted by molar-refractivity contribution is 4.97. The number of piperazine rings is 1.